The number of benzene rings is 4. The zero-order valence-corrected chi connectivity index (χ0v) is 26.1. The summed E-state index contributed by atoms with van der Waals surface area (Å²) < 4.78 is 82.6. The lowest BCUT2D eigenvalue weighted by molar-refractivity contribution is 0.233. The topological polar surface area (TPSA) is 179 Å². The van der Waals surface area contributed by atoms with E-state index in [4.69, 9.17) is 20.9 Å². The fourth-order valence-corrected chi connectivity index (χ4v) is 6.94. The van der Waals surface area contributed by atoms with Crippen molar-refractivity contribution in [1.29, 1.82) is 0 Å². The van der Waals surface area contributed by atoms with E-state index in [9.17, 15) is 25.9 Å². The van der Waals surface area contributed by atoms with Crippen LogP contribution in [0.5, 0.6) is 11.5 Å². The average Bonchev–Trinajstić information content (AvgIpc) is 3.39. The molecule has 4 aromatic rings. The smallest absolute Gasteiger partial charge is 0.298 e. The average molecular weight is 653 g/mol. The summed E-state index contributed by atoms with van der Waals surface area (Å²) in [5.41, 5.74) is 15.8. The van der Waals surface area contributed by atoms with Gasteiger partial charge >= 0.3 is 0 Å². The normalized spacial score (nSPS) is 14.0. The summed E-state index contributed by atoms with van der Waals surface area (Å²) >= 11 is 0. The molecule has 4 aromatic carbocycles. The molecule has 10 nitrogen and oxygen atoms in total. The molecule has 1 aliphatic carbocycles. The fraction of sp³-hybridized carbons (Fsp3) is 0.273. The first kappa shape index (κ1) is 32.6. The molecule has 0 heterocycles. The summed E-state index contributed by atoms with van der Waals surface area (Å²) in [6.07, 6.45) is 1.42. The molecule has 0 aromatic heterocycles. The number of fused-ring (bicyclic) bond motifs is 3. The van der Waals surface area contributed by atoms with E-state index in [0.717, 1.165) is 11.1 Å². The number of hydrogen-bond donors (Lipinski definition) is 4. The van der Waals surface area contributed by atoms with Crippen molar-refractivity contribution in [2.45, 2.75) is 40.9 Å². The minimum atomic E-state index is -4.86. The van der Waals surface area contributed by atoms with Gasteiger partial charge in [0.15, 0.2) is 11.5 Å². The van der Waals surface area contributed by atoms with Gasteiger partial charge in [0.1, 0.15) is 4.90 Å². The van der Waals surface area contributed by atoms with E-state index in [1.807, 2.05) is 60.7 Å². The molecule has 1 aliphatic rings. The van der Waals surface area contributed by atoms with Crippen molar-refractivity contribution in [1.82, 2.24) is 0 Å². The molecule has 12 heteroatoms. The third-order valence-corrected chi connectivity index (χ3v) is 9.76. The first-order valence-corrected chi connectivity index (χ1v) is 17.4. The van der Waals surface area contributed by atoms with Gasteiger partial charge in [0.05, 0.1) is 18.1 Å². The van der Waals surface area contributed by atoms with Crippen LogP contribution in [-0.2, 0) is 26.7 Å². The molecule has 0 aliphatic heterocycles. The van der Waals surface area contributed by atoms with Gasteiger partial charge in [0, 0.05) is 23.8 Å². The highest BCUT2D eigenvalue weighted by molar-refractivity contribution is 7.86. The Hall–Kier alpha value is -3.78. The predicted molar refractivity (Wildman–Crippen MR) is 171 cm³/mol. The second-order valence-corrected chi connectivity index (χ2v) is 13.8. The van der Waals surface area contributed by atoms with Gasteiger partial charge in [0.25, 0.3) is 20.2 Å². The lowest BCUT2D eigenvalue weighted by Crippen LogP contribution is -2.19. The molecule has 45 heavy (non-hydrogen) atoms. The van der Waals surface area contributed by atoms with E-state index in [1.54, 1.807) is 6.07 Å². The highest BCUT2D eigenvalue weighted by atomic mass is 32.2. The van der Waals surface area contributed by atoms with Crippen molar-refractivity contribution in [2.24, 2.45) is 11.5 Å². The maximum atomic E-state index is 12.9. The van der Waals surface area contributed by atoms with Gasteiger partial charge in [-0.05, 0) is 71.9 Å². The van der Waals surface area contributed by atoms with E-state index in [0.29, 0.717) is 48.2 Å². The van der Waals surface area contributed by atoms with Crippen molar-refractivity contribution in [2.75, 3.05) is 26.3 Å². The Balaban J connectivity index is 1.64. The van der Waals surface area contributed by atoms with Crippen molar-refractivity contribution in [3.63, 3.8) is 0 Å². The Kier molecular flexibility index (Phi) is 9.92. The van der Waals surface area contributed by atoms with E-state index in [1.165, 1.54) is 18.2 Å². The summed E-state index contributed by atoms with van der Waals surface area (Å²) in [4.78, 5) is -0.860. The largest absolute Gasteiger partial charge is 0.489 e. The van der Waals surface area contributed by atoms with E-state index in [2.05, 4.69) is 0 Å². The minimum Gasteiger partial charge on any atom is -0.489 e. The molecule has 0 fully saturated rings. The van der Waals surface area contributed by atoms with Gasteiger partial charge in [-0.1, -0.05) is 66.7 Å². The highest BCUT2D eigenvalue weighted by Gasteiger charge is 2.33. The van der Waals surface area contributed by atoms with Crippen LogP contribution in [0.15, 0.2) is 94.7 Å². The Labute approximate surface area is 263 Å². The summed E-state index contributed by atoms with van der Waals surface area (Å²) in [6.45, 7) is 0.919. The van der Waals surface area contributed by atoms with Gasteiger partial charge in [-0.3, -0.25) is 9.11 Å². The highest BCUT2D eigenvalue weighted by Crippen LogP contribution is 2.50. The number of hydrogen-bond acceptors (Lipinski definition) is 8. The van der Waals surface area contributed by atoms with Crippen LogP contribution in [-0.4, -0.2) is 52.2 Å². The fourth-order valence-electron chi connectivity index (χ4n) is 5.78. The second-order valence-electron chi connectivity index (χ2n) is 11.0. The third kappa shape index (κ3) is 7.38. The Morgan fingerprint density at radius 1 is 0.667 bits per heavy atom. The monoisotopic (exact) mass is 652 g/mol. The van der Waals surface area contributed by atoms with Crippen LogP contribution in [0.2, 0.25) is 0 Å². The molecule has 0 amide bonds. The second kappa shape index (κ2) is 13.7. The van der Waals surface area contributed by atoms with Crippen LogP contribution >= 0.6 is 0 Å². The number of ether oxygens (including phenoxy) is 2. The molecule has 0 radical (unpaired) electrons. The predicted octanol–water partition coefficient (Wildman–Crippen LogP) is 4.77. The third-order valence-electron chi connectivity index (χ3n) is 8.05. The molecule has 0 saturated carbocycles. The summed E-state index contributed by atoms with van der Waals surface area (Å²) in [6, 6.07) is 24.6. The Morgan fingerprint density at radius 3 is 1.69 bits per heavy atom. The molecule has 2 atom stereocenters. The molecular formula is C33H36N2O8S2. The first-order chi connectivity index (χ1) is 21.5. The van der Waals surface area contributed by atoms with E-state index < -0.39 is 25.1 Å². The maximum absolute atomic E-state index is 12.9. The maximum Gasteiger partial charge on any atom is 0.298 e. The minimum absolute atomic E-state index is 0.0453. The van der Waals surface area contributed by atoms with Crippen LogP contribution < -0.4 is 20.9 Å². The Morgan fingerprint density at radius 2 is 1.20 bits per heavy atom. The zero-order valence-electron chi connectivity index (χ0n) is 24.5. The van der Waals surface area contributed by atoms with Crippen LogP contribution in [0.25, 0.3) is 11.1 Å². The lowest BCUT2D eigenvalue weighted by Gasteiger charge is -2.24. The van der Waals surface area contributed by atoms with Gasteiger partial charge < -0.3 is 20.9 Å². The molecule has 6 N–H and O–H groups in total. The van der Waals surface area contributed by atoms with Gasteiger partial charge in [-0.15, -0.1) is 0 Å². The molecule has 0 spiro atoms. The quantitative estimate of drug-likeness (QED) is 0.122. The van der Waals surface area contributed by atoms with E-state index >= 15 is 0 Å². The summed E-state index contributed by atoms with van der Waals surface area (Å²) in [5, 5.41) is 0. The molecule has 0 bridgehead atoms. The van der Waals surface area contributed by atoms with Crippen molar-refractivity contribution in [3.05, 3.63) is 107 Å². The van der Waals surface area contributed by atoms with Crippen molar-refractivity contribution in [3.8, 4) is 22.6 Å². The van der Waals surface area contributed by atoms with E-state index in [-0.39, 0.29) is 47.9 Å². The van der Waals surface area contributed by atoms with Crippen molar-refractivity contribution < 1.29 is 35.4 Å². The van der Waals surface area contributed by atoms with Crippen LogP contribution in [0, 0.1) is 0 Å². The SMILES string of the molecule is NCCC(COc1c(S(=O)(=O)O)cc2c(c1OCC(CCN)c1ccccc1)Cc1ccc(S(=O)(=O)O)cc1-2)c1ccccc1. The molecule has 0 saturated heterocycles. The zero-order chi connectivity index (χ0) is 32.2. The number of rotatable bonds is 14. The van der Waals surface area contributed by atoms with Gasteiger partial charge in [-0.2, -0.15) is 16.8 Å². The van der Waals surface area contributed by atoms with Crippen LogP contribution in [0.4, 0.5) is 0 Å². The standard InChI is InChI=1S/C33H36N2O8S2/c34-15-13-25(22-7-3-1-4-8-22)20-42-32-30-17-24-11-12-27(44(36,37)38)18-28(24)29(30)19-31(45(39,40)41)33(32)43-21-26(14-16-35)23-9-5-2-6-10-23/h1-12,18-19,25-26H,13-17,20-21,34-35H2,(H,36,37,38)(H,39,40,41). The van der Waals surface area contributed by atoms with Gasteiger partial charge in [0.2, 0.25) is 0 Å². The summed E-state index contributed by atoms with van der Waals surface area (Å²) in [7, 11) is -9.40. The van der Waals surface area contributed by atoms with Crippen LogP contribution in [0.3, 0.4) is 0 Å². The first-order valence-electron chi connectivity index (χ1n) is 14.5. The Bertz CT molecular complexity index is 1870. The number of nitrogens with two attached hydrogens (primary N) is 2. The molecular weight excluding hydrogens is 617 g/mol. The molecule has 2 unspecified atom stereocenters. The molecule has 5 rings (SSSR count). The molecule has 238 valence electrons. The summed E-state index contributed by atoms with van der Waals surface area (Å²) in [5.74, 6) is -0.340. The van der Waals surface area contributed by atoms with Crippen LogP contribution in [0.1, 0.15) is 46.9 Å². The van der Waals surface area contributed by atoms with Crippen molar-refractivity contribution >= 4 is 20.2 Å². The lowest BCUT2D eigenvalue weighted by atomic mass is 9.96. The van der Waals surface area contributed by atoms with Gasteiger partial charge in [-0.25, -0.2) is 0 Å².